The van der Waals surface area contributed by atoms with E-state index in [1.807, 2.05) is 24.1 Å². The smallest absolute Gasteiger partial charge is 0.255 e. The normalized spacial score (nSPS) is 19.9. The van der Waals surface area contributed by atoms with E-state index in [1.54, 1.807) is 6.20 Å². The molecule has 0 unspecified atom stereocenters. The molecule has 1 aliphatic rings. The molecule has 1 amide bonds. The molecule has 0 radical (unpaired) electrons. The summed E-state index contributed by atoms with van der Waals surface area (Å²) in [7, 11) is 1.82. The van der Waals surface area contributed by atoms with Crippen LogP contribution < -0.4 is 5.32 Å². The summed E-state index contributed by atoms with van der Waals surface area (Å²) in [6.45, 7) is 9.19. The number of anilines is 1. The van der Waals surface area contributed by atoms with Gasteiger partial charge in [-0.05, 0) is 32.4 Å². The Balaban J connectivity index is 2.06. The highest BCUT2D eigenvalue weighted by atomic mass is 16.2. The summed E-state index contributed by atoms with van der Waals surface area (Å²) >= 11 is 0. The number of hydrogen-bond acceptors (Lipinski definition) is 4. The number of aromatic nitrogens is 1. The van der Waals surface area contributed by atoms with Gasteiger partial charge in [-0.1, -0.05) is 6.92 Å². The van der Waals surface area contributed by atoms with Crippen LogP contribution >= 0.6 is 0 Å². The molecule has 0 saturated carbocycles. The fourth-order valence-electron chi connectivity index (χ4n) is 2.95. The summed E-state index contributed by atoms with van der Waals surface area (Å²) < 4.78 is 0. The Hall–Kier alpha value is -1.62. The molecule has 0 bridgehead atoms. The van der Waals surface area contributed by atoms with Crippen molar-refractivity contribution in [2.75, 3.05) is 32.0 Å². The maximum Gasteiger partial charge on any atom is 0.255 e. The van der Waals surface area contributed by atoms with Crippen LogP contribution in [0, 0.1) is 0 Å². The molecule has 5 nitrogen and oxygen atoms in total. The zero-order valence-electron chi connectivity index (χ0n) is 13.5. The van der Waals surface area contributed by atoms with Crippen LogP contribution in [0.15, 0.2) is 18.3 Å². The summed E-state index contributed by atoms with van der Waals surface area (Å²) in [5.74, 6) is 0.870. The van der Waals surface area contributed by atoms with Crippen LogP contribution in [-0.2, 0) is 0 Å². The van der Waals surface area contributed by atoms with Crippen molar-refractivity contribution in [3.05, 3.63) is 23.9 Å². The van der Waals surface area contributed by atoms with Gasteiger partial charge in [0, 0.05) is 45.0 Å². The van der Waals surface area contributed by atoms with Gasteiger partial charge in [-0.15, -0.1) is 0 Å². The molecule has 0 spiro atoms. The highest BCUT2D eigenvalue weighted by Gasteiger charge is 2.30. The summed E-state index contributed by atoms with van der Waals surface area (Å²) in [6, 6.07) is 4.67. The van der Waals surface area contributed by atoms with Crippen molar-refractivity contribution in [3.8, 4) is 0 Å². The van der Waals surface area contributed by atoms with Crippen LogP contribution in [0.1, 0.15) is 37.6 Å². The van der Waals surface area contributed by atoms with Crippen molar-refractivity contribution in [1.29, 1.82) is 0 Å². The van der Waals surface area contributed by atoms with Crippen LogP contribution in [0.4, 0.5) is 5.82 Å². The highest BCUT2D eigenvalue weighted by molar-refractivity contribution is 5.94. The van der Waals surface area contributed by atoms with Crippen molar-refractivity contribution >= 4 is 11.7 Å². The lowest BCUT2D eigenvalue weighted by atomic mass is 10.1. The molecule has 2 heterocycles. The number of amides is 1. The van der Waals surface area contributed by atoms with Crippen molar-refractivity contribution < 1.29 is 4.79 Å². The van der Waals surface area contributed by atoms with E-state index in [0.29, 0.717) is 17.6 Å². The van der Waals surface area contributed by atoms with Gasteiger partial charge in [0.05, 0.1) is 5.56 Å². The molecular formula is C16H26N4O. The van der Waals surface area contributed by atoms with Gasteiger partial charge in [-0.3, -0.25) is 9.69 Å². The third-order valence-electron chi connectivity index (χ3n) is 4.22. The fourth-order valence-corrected chi connectivity index (χ4v) is 2.95. The van der Waals surface area contributed by atoms with Crippen LogP contribution in [-0.4, -0.2) is 59.5 Å². The van der Waals surface area contributed by atoms with Gasteiger partial charge < -0.3 is 10.2 Å². The molecule has 1 aliphatic heterocycles. The van der Waals surface area contributed by atoms with E-state index < -0.39 is 0 Å². The van der Waals surface area contributed by atoms with Crippen LogP contribution in [0.25, 0.3) is 0 Å². The van der Waals surface area contributed by atoms with E-state index in [2.05, 4.69) is 36.0 Å². The maximum absolute atomic E-state index is 12.6. The Morgan fingerprint density at radius 2 is 2.19 bits per heavy atom. The molecular weight excluding hydrogens is 264 g/mol. The predicted molar refractivity (Wildman–Crippen MR) is 85.6 cm³/mol. The van der Waals surface area contributed by atoms with Crippen LogP contribution in [0.5, 0.6) is 0 Å². The third-order valence-corrected chi connectivity index (χ3v) is 4.22. The molecule has 2 rings (SSSR count). The summed E-state index contributed by atoms with van der Waals surface area (Å²) in [5.41, 5.74) is 0.668. The maximum atomic E-state index is 12.6. The van der Waals surface area contributed by atoms with E-state index in [9.17, 15) is 4.79 Å². The Labute approximate surface area is 127 Å². The number of nitrogens with one attached hydrogen (secondary N) is 1. The fraction of sp³-hybridized carbons (Fsp3) is 0.625. The Bertz CT molecular complexity index is 472. The minimum absolute atomic E-state index is 0.0898. The number of hydrogen-bond donors (Lipinski definition) is 1. The topological polar surface area (TPSA) is 48.5 Å². The van der Waals surface area contributed by atoms with Gasteiger partial charge in [-0.25, -0.2) is 4.98 Å². The minimum atomic E-state index is 0.0898. The molecule has 1 fully saturated rings. The van der Waals surface area contributed by atoms with Crippen molar-refractivity contribution in [3.63, 3.8) is 0 Å². The first-order valence-corrected chi connectivity index (χ1v) is 7.75. The zero-order valence-corrected chi connectivity index (χ0v) is 13.5. The molecule has 1 atom stereocenters. The van der Waals surface area contributed by atoms with E-state index in [1.165, 1.54) is 0 Å². The Kier molecular flexibility index (Phi) is 5.17. The Morgan fingerprint density at radius 1 is 1.43 bits per heavy atom. The number of nitrogens with zero attached hydrogens (tertiary/aromatic N) is 3. The SMILES string of the molecule is CC[C@@H]1CN(C(=O)c2ccc(NC)nc2)CCN1C(C)C. The quantitative estimate of drug-likeness (QED) is 0.922. The number of rotatable bonds is 4. The lowest BCUT2D eigenvalue weighted by Crippen LogP contribution is -2.56. The van der Waals surface area contributed by atoms with E-state index in [4.69, 9.17) is 0 Å². The number of carbonyl (C=O) groups excluding carboxylic acids is 1. The third kappa shape index (κ3) is 3.53. The van der Waals surface area contributed by atoms with Crippen LogP contribution in [0.3, 0.4) is 0 Å². The summed E-state index contributed by atoms with van der Waals surface area (Å²) in [4.78, 5) is 21.3. The molecule has 0 aliphatic carbocycles. The van der Waals surface area contributed by atoms with Gasteiger partial charge in [0.2, 0.25) is 0 Å². The van der Waals surface area contributed by atoms with Crippen molar-refractivity contribution in [2.24, 2.45) is 0 Å². The van der Waals surface area contributed by atoms with E-state index in [-0.39, 0.29) is 5.91 Å². The Morgan fingerprint density at radius 3 is 2.71 bits per heavy atom. The zero-order chi connectivity index (χ0) is 15.4. The van der Waals surface area contributed by atoms with E-state index in [0.717, 1.165) is 31.9 Å². The second-order valence-corrected chi connectivity index (χ2v) is 5.83. The number of piperazine rings is 1. The molecule has 5 heteroatoms. The molecule has 21 heavy (non-hydrogen) atoms. The van der Waals surface area contributed by atoms with Crippen LogP contribution in [0.2, 0.25) is 0 Å². The second-order valence-electron chi connectivity index (χ2n) is 5.83. The first-order valence-electron chi connectivity index (χ1n) is 7.75. The lowest BCUT2D eigenvalue weighted by Gasteiger charge is -2.43. The molecule has 116 valence electrons. The average molecular weight is 290 g/mol. The first-order chi connectivity index (χ1) is 10.1. The second kappa shape index (κ2) is 6.89. The summed E-state index contributed by atoms with van der Waals surface area (Å²) in [5, 5.41) is 2.96. The minimum Gasteiger partial charge on any atom is -0.373 e. The standard InChI is InChI=1S/C16H26N4O/c1-5-14-11-19(8-9-20(14)12(2)3)16(21)13-6-7-15(17-4)18-10-13/h6-7,10,12,14H,5,8-9,11H2,1-4H3,(H,17,18)/t14-/m1/s1. The van der Waals surface area contributed by atoms with Crippen molar-refractivity contribution in [1.82, 2.24) is 14.8 Å². The largest absolute Gasteiger partial charge is 0.373 e. The van der Waals surface area contributed by atoms with Gasteiger partial charge in [-0.2, -0.15) is 0 Å². The van der Waals surface area contributed by atoms with Crippen molar-refractivity contribution in [2.45, 2.75) is 39.3 Å². The average Bonchev–Trinajstić information content (AvgIpc) is 2.53. The van der Waals surface area contributed by atoms with Gasteiger partial charge in [0.25, 0.3) is 5.91 Å². The molecule has 1 aromatic rings. The molecule has 1 saturated heterocycles. The first kappa shape index (κ1) is 15.8. The number of pyridine rings is 1. The van der Waals surface area contributed by atoms with Gasteiger partial charge in [0.1, 0.15) is 5.82 Å². The molecule has 1 aromatic heterocycles. The lowest BCUT2D eigenvalue weighted by molar-refractivity contribution is 0.0371. The highest BCUT2D eigenvalue weighted by Crippen LogP contribution is 2.18. The monoisotopic (exact) mass is 290 g/mol. The molecule has 0 aromatic carbocycles. The summed E-state index contributed by atoms with van der Waals surface area (Å²) in [6.07, 6.45) is 2.73. The van der Waals surface area contributed by atoms with Gasteiger partial charge >= 0.3 is 0 Å². The predicted octanol–water partition coefficient (Wildman–Crippen LogP) is 2.07. The molecule has 1 N–H and O–H groups in total. The number of carbonyl (C=O) groups is 1. The van der Waals surface area contributed by atoms with E-state index >= 15 is 0 Å². The van der Waals surface area contributed by atoms with Gasteiger partial charge in [0.15, 0.2) is 0 Å².